The van der Waals surface area contributed by atoms with Gasteiger partial charge in [-0.2, -0.15) is 0 Å². The molecule has 0 bridgehead atoms. The van der Waals surface area contributed by atoms with Gasteiger partial charge < -0.3 is 14.8 Å². The highest BCUT2D eigenvalue weighted by molar-refractivity contribution is 6.32. The molecular weight excluding hydrogens is 226 g/mol. The van der Waals surface area contributed by atoms with E-state index in [-0.39, 0.29) is 6.10 Å². The second-order valence-electron chi connectivity index (χ2n) is 3.90. The van der Waals surface area contributed by atoms with E-state index in [1.165, 1.54) is 5.56 Å². The van der Waals surface area contributed by atoms with Crippen LogP contribution < -0.4 is 10.1 Å². The van der Waals surface area contributed by atoms with Crippen LogP contribution in [0.5, 0.6) is 5.75 Å². The fraction of sp³-hybridized carbons (Fsp3) is 0.500. The van der Waals surface area contributed by atoms with Crippen LogP contribution in [0.15, 0.2) is 18.2 Å². The first-order chi connectivity index (χ1) is 7.79. The molecule has 2 rings (SSSR count). The molecule has 0 saturated carbocycles. The van der Waals surface area contributed by atoms with Gasteiger partial charge in [0.1, 0.15) is 11.9 Å². The maximum Gasteiger partial charge on any atom is 0.145 e. The third-order valence-corrected chi connectivity index (χ3v) is 2.86. The topological polar surface area (TPSA) is 30.5 Å². The van der Waals surface area contributed by atoms with Crippen molar-refractivity contribution < 1.29 is 9.47 Å². The quantitative estimate of drug-likeness (QED) is 0.854. The van der Waals surface area contributed by atoms with Crippen molar-refractivity contribution in [3.05, 3.63) is 28.8 Å². The number of hydrogen-bond acceptors (Lipinski definition) is 3. The van der Waals surface area contributed by atoms with Gasteiger partial charge in [0.05, 0.1) is 18.2 Å². The molecule has 16 heavy (non-hydrogen) atoms. The SMILES string of the molecule is CNCCc1ccc(OC2COC2)c(Cl)c1. The lowest BCUT2D eigenvalue weighted by atomic mass is 10.1. The number of ether oxygens (including phenoxy) is 2. The monoisotopic (exact) mass is 241 g/mol. The third kappa shape index (κ3) is 2.88. The van der Waals surface area contributed by atoms with E-state index in [1.807, 2.05) is 19.2 Å². The van der Waals surface area contributed by atoms with Gasteiger partial charge in [-0.1, -0.05) is 17.7 Å². The summed E-state index contributed by atoms with van der Waals surface area (Å²) in [5.41, 5.74) is 1.22. The number of halogens is 1. The molecule has 0 unspecified atom stereocenters. The van der Waals surface area contributed by atoms with Crippen molar-refractivity contribution in [1.82, 2.24) is 5.32 Å². The second kappa shape index (κ2) is 5.53. The van der Waals surface area contributed by atoms with Gasteiger partial charge in [0, 0.05) is 0 Å². The van der Waals surface area contributed by atoms with Gasteiger partial charge in [0.2, 0.25) is 0 Å². The number of hydrogen-bond donors (Lipinski definition) is 1. The van der Waals surface area contributed by atoms with E-state index >= 15 is 0 Å². The second-order valence-corrected chi connectivity index (χ2v) is 4.30. The summed E-state index contributed by atoms with van der Waals surface area (Å²) in [6.07, 6.45) is 1.14. The van der Waals surface area contributed by atoms with Crippen LogP contribution in [0.2, 0.25) is 5.02 Å². The van der Waals surface area contributed by atoms with Crippen molar-refractivity contribution in [1.29, 1.82) is 0 Å². The molecule has 0 amide bonds. The number of likely N-dealkylation sites (N-methyl/N-ethyl adjacent to an activating group) is 1. The van der Waals surface area contributed by atoms with Gasteiger partial charge in [0.25, 0.3) is 0 Å². The summed E-state index contributed by atoms with van der Waals surface area (Å²) in [5.74, 6) is 0.753. The molecule has 0 aromatic heterocycles. The highest BCUT2D eigenvalue weighted by Crippen LogP contribution is 2.27. The van der Waals surface area contributed by atoms with Gasteiger partial charge in [0.15, 0.2) is 0 Å². The first-order valence-corrected chi connectivity index (χ1v) is 5.85. The summed E-state index contributed by atoms with van der Waals surface area (Å²) in [5, 5.41) is 3.79. The van der Waals surface area contributed by atoms with Crippen LogP contribution >= 0.6 is 11.6 Å². The van der Waals surface area contributed by atoms with Crippen molar-refractivity contribution in [3.63, 3.8) is 0 Å². The zero-order chi connectivity index (χ0) is 11.4. The first-order valence-electron chi connectivity index (χ1n) is 5.47. The Morgan fingerprint density at radius 3 is 2.88 bits per heavy atom. The molecule has 0 aliphatic carbocycles. The van der Waals surface area contributed by atoms with Crippen molar-refractivity contribution in [2.75, 3.05) is 26.8 Å². The Hall–Kier alpha value is -0.770. The van der Waals surface area contributed by atoms with Gasteiger partial charge in [-0.3, -0.25) is 0 Å². The van der Waals surface area contributed by atoms with Gasteiger partial charge in [-0.25, -0.2) is 0 Å². The minimum atomic E-state index is 0.167. The van der Waals surface area contributed by atoms with Gasteiger partial charge in [-0.05, 0) is 37.7 Å². The average Bonchev–Trinajstić information content (AvgIpc) is 2.22. The minimum Gasteiger partial charge on any atom is -0.484 e. The Balaban J connectivity index is 1.97. The summed E-state index contributed by atoms with van der Waals surface area (Å²) in [6, 6.07) is 5.96. The average molecular weight is 242 g/mol. The van der Waals surface area contributed by atoms with E-state index in [2.05, 4.69) is 11.4 Å². The lowest BCUT2D eigenvalue weighted by molar-refractivity contribution is -0.0796. The zero-order valence-corrected chi connectivity index (χ0v) is 10.1. The number of benzene rings is 1. The summed E-state index contributed by atoms with van der Waals surface area (Å²) in [4.78, 5) is 0. The zero-order valence-electron chi connectivity index (χ0n) is 9.33. The maximum absolute atomic E-state index is 6.15. The molecule has 1 aromatic rings. The Bertz CT molecular complexity index is 353. The highest BCUT2D eigenvalue weighted by Gasteiger charge is 2.20. The molecule has 1 aliphatic rings. The first kappa shape index (κ1) is 11.7. The van der Waals surface area contributed by atoms with E-state index in [0.29, 0.717) is 18.2 Å². The molecule has 1 saturated heterocycles. The third-order valence-electron chi connectivity index (χ3n) is 2.56. The molecule has 4 heteroatoms. The molecule has 1 aromatic carbocycles. The van der Waals surface area contributed by atoms with E-state index in [9.17, 15) is 0 Å². The Kier molecular flexibility index (Phi) is 4.04. The largest absolute Gasteiger partial charge is 0.484 e. The lowest BCUT2D eigenvalue weighted by Crippen LogP contribution is -2.38. The summed E-state index contributed by atoms with van der Waals surface area (Å²) in [6.45, 7) is 2.28. The van der Waals surface area contributed by atoms with E-state index in [4.69, 9.17) is 21.1 Å². The molecule has 1 fully saturated rings. The van der Waals surface area contributed by atoms with E-state index < -0.39 is 0 Å². The van der Waals surface area contributed by atoms with Crippen molar-refractivity contribution in [2.45, 2.75) is 12.5 Å². The van der Waals surface area contributed by atoms with Gasteiger partial charge in [-0.15, -0.1) is 0 Å². The smallest absolute Gasteiger partial charge is 0.145 e. The number of nitrogens with one attached hydrogen (secondary N) is 1. The van der Waals surface area contributed by atoms with Crippen molar-refractivity contribution >= 4 is 11.6 Å². The normalized spacial score (nSPS) is 15.9. The van der Waals surface area contributed by atoms with Crippen LogP contribution in [0.3, 0.4) is 0 Å². The van der Waals surface area contributed by atoms with Crippen LogP contribution in [0.1, 0.15) is 5.56 Å². The Labute approximate surface area is 101 Å². The highest BCUT2D eigenvalue weighted by atomic mass is 35.5. The molecule has 88 valence electrons. The fourth-order valence-electron chi connectivity index (χ4n) is 1.53. The van der Waals surface area contributed by atoms with E-state index in [0.717, 1.165) is 18.7 Å². The molecule has 3 nitrogen and oxygen atoms in total. The molecule has 1 N–H and O–H groups in total. The standard InChI is InChI=1S/C12H16ClNO2/c1-14-5-4-9-2-3-12(11(13)6-9)16-10-7-15-8-10/h2-3,6,10,14H,4-5,7-8H2,1H3. The molecule has 1 aliphatic heterocycles. The predicted octanol–water partition coefficient (Wildman–Crippen LogP) is 1.88. The summed E-state index contributed by atoms with van der Waals surface area (Å²) >= 11 is 6.15. The molecule has 0 atom stereocenters. The van der Waals surface area contributed by atoms with Crippen molar-refractivity contribution in [3.8, 4) is 5.75 Å². The van der Waals surface area contributed by atoms with E-state index in [1.54, 1.807) is 0 Å². The van der Waals surface area contributed by atoms with Crippen LogP contribution in [0.4, 0.5) is 0 Å². The van der Waals surface area contributed by atoms with Crippen LogP contribution in [0.25, 0.3) is 0 Å². The predicted molar refractivity (Wildman–Crippen MR) is 64.3 cm³/mol. The van der Waals surface area contributed by atoms with Crippen molar-refractivity contribution in [2.24, 2.45) is 0 Å². The lowest BCUT2D eigenvalue weighted by Gasteiger charge is -2.27. The maximum atomic E-state index is 6.15. The summed E-state index contributed by atoms with van der Waals surface area (Å²) < 4.78 is 10.7. The Morgan fingerprint density at radius 1 is 1.50 bits per heavy atom. The van der Waals surface area contributed by atoms with Crippen LogP contribution in [0, 0.1) is 0 Å². The molecule has 0 radical (unpaired) electrons. The fourth-order valence-corrected chi connectivity index (χ4v) is 1.77. The summed E-state index contributed by atoms with van der Waals surface area (Å²) in [7, 11) is 1.94. The molecule has 1 heterocycles. The molecule has 0 spiro atoms. The Morgan fingerprint density at radius 2 is 2.31 bits per heavy atom. The van der Waals surface area contributed by atoms with Crippen LogP contribution in [-0.2, 0) is 11.2 Å². The number of rotatable bonds is 5. The molecular formula is C12H16ClNO2. The van der Waals surface area contributed by atoms with Gasteiger partial charge >= 0.3 is 0 Å². The minimum absolute atomic E-state index is 0.167. The van der Waals surface area contributed by atoms with Crippen LogP contribution in [-0.4, -0.2) is 32.9 Å².